The first-order valence-electron chi connectivity index (χ1n) is 4.11. The second-order valence-electron chi connectivity index (χ2n) is 3.16. The molecule has 3 N–H and O–H groups in total. The lowest BCUT2D eigenvalue weighted by molar-refractivity contribution is 0.285. The van der Waals surface area contributed by atoms with Crippen molar-refractivity contribution in [2.24, 2.45) is 0 Å². The Morgan fingerprint density at radius 3 is 2.45 bits per heavy atom. The van der Waals surface area contributed by atoms with Gasteiger partial charge in [-0.15, -0.1) is 0 Å². The van der Waals surface area contributed by atoms with Crippen LogP contribution in [0.4, 0.5) is 0 Å². The van der Waals surface area contributed by atoms with E-state index in [9.17, 15) is 0 Å². The Hall–Kier alpha value is -0.160. The van der Waals surface area contributed by atoms with Gasteiger partial charge < -0.3 is 4.90 Å². The lowest BCUT2D eigenvalue weighted by Crippen LogP contribution is -2.56. The number of hydrogen-bond donors (Lipinski definition) is 3. The van der Waals surface area contributed by atoms with Crippen LogP contribution >= 0.6 is 0 Å². The summed E-state index contributed by atoms with van der Waals surface area (Å²) < 4.78 is 0. The molecule has 11 heavy (non-hydrogen) atoms. The third-order valence-electron chi connectivity index (χ3n) is 1.81. The van der Waals surface area contributed by atoms with E-state index in [1.54, 1.807) is 0 Å². The van der Waals surface area contributed by atoms with Crippen LogP contribution in [0.1, 0.15) is 6.42 Å². The zero-order valence-corrected chi connectivity index (χ0v) is 7.35. The molecule has 1 fully saturated rings. The number of hydrogen-bond acceptors (Lipinski definition) is 4. The van der Waals surface area contributed by atoms with Crippen LogP contribution in [-0.4, -0.2) is 45.0 Å². The van der Waals surface area contributed by atoms with Crippen LogP contribution in [0.25, 0.3) is 0 Å². The summed E-state index contributed by atoms with van der Waals surface area (Å²) >= 11 is 0. The van der Waals surface area contributed by atoms with Crippen LogP contribution in [0.15, 0.2) is 0 Å². The van der Waals surface area contributed by atoms with Gasteiger partial charge in [0.1, 0.15) is 0 Å². The molecule has 0 radical (unpaired) electrons. The third-order valence-corrected chi connectivity index (χ3v) is 1.81. The highest BCUT2D eigenvalue weighted by molar-refractivity contribution is 4.68. The normalized spacial score (nSPS) is 21.0. The highest BCUT2D eigenvalue weighted by Gasteiger charge is 2.09. The summed E-state index contributed by atoms with van der Waals surface area (Å²) in [4.78, 5) is 2.20. The van der Waals surface area contributed by atoms with Gasteiger partial charge in [0.15, 0.2) is 0 Å². The molecule has 66 valence electrons. The van der Waals surface area contributed by atoms with Crippen LogP contribution < -0.4 is 16.0 Å². The highest BCUT2D eigenvalue weighted by atomic mass is 15.3. The molecule has 1 heterocycles. The van der Waals surface area contributed by atoms with E-state index in [1.807, 2.05) is 0 Å². The van der Waals surface area contributed by atoms with Crippen LogP contribution in [0.2, 0.25) is 0 Å². The summed E-state index contributed by atoms with van der Waals surface area (Å²) in [7, 11) is 4.20. The second-order valence-corrected chi connectivity index (χ2v) is 3.16. The van der Waals surface area contributed by atoms with E-state index in [4.69, 9.17) is 0 Å². The predicted octanol–water partition coefficient (Wildman–Crippen LogP) is -1.04. The zero-order valence-electron chi connectivity index (χ0n) is 7.35. The fourth-order valence-corrected chi connectivity index (χ4v) is 1.12. The van der Waals surface area contributed by atoms with E-state index in [0.29, 0.717) is 6.17 Å². The van der Waals surface area contributed by atoms with Crippen molar-refractivity contribution in [2.45, 2.75) is 12.6 Å². The van der Waals surface area contributed by atoms with Gasteiger partial charge in [-0.25, -0.2) is 0 Å². The quantitative estimate of drug-likeness (QED) is 0.491. The van der Waals surface area contributed by atoms with Crippen molar-refractivity contribution in [2.75, 3.05) is 34.0 Å². The van der Waals surface area contributed by atoms with Gasteiger partial charge in [-0.2, -0.15) is 0 Å². The highest BCUT2D eigenvalue weighted by Crippen LogP contribution is 1.90. The Bertz CT molecular complexity index is 98.6. The molecule has 0 aromatic carbocycles. The molecule has 0 unspecified atom stereocenters. The van der Waals surface area contributed by atoms with Gasteiger partial charge in [0.25, 0.3) is 0 Å². The molecule has 0 aliphatic carbocycles. The Balaban J connectivity index is 2.05. The summed E-state index contributed by atoms with van der Waals surface area (Å²) in [6, 6.07) is 0. The first-order valence-corrected chi connectivity index (χ1v) is 4.11. The summed E-state index contributed by atoms with van der Waals surface area (Å²) in [6.07, 6.45) is 1.65. The molecule has 1 saturated heterocycles. The molecule has 0 aromatic rings. The molecular formula is C7H18N4. The molecule has 1 aliphatic heterocycles. The molecule has 4 heteroatoms. The van der Waals surface area contributed by atoms with Gasteiger partial charge in [0.05, 0.1) is 6.17 Å². The Labute approximate surface area is 68.3 Å². The van der Waals surface area contributed by atoms with Crippen molar-refractivity contribution in [1.29, 1.82) is 0 Å². The molecular weight excluding hydrogens is 140 g/mol. The van der Waals surface area contributed by atoms with Crippen LogP contribution in [0.3, 0.4) is 0 Å². The number of nitrogens with one attached hydrogen (secondary N) is 3. The van der Waals surface area contributed by atoms with Crippen LogP contribution in [0, 0.1) is 0 Å². The van der Waals surface area contributed by atoms with Crippen LogP contribution in [-0.2, 0) is 0 Å². The number of rotatable bonds is 3. The Morgan fingerprint density at radius 2 is 1.91 bits per heavy atom. The van der Waals surface area contributed by atoms with Gasteiger partial charge >= 0.3 is 0 Å². The van der Waals surface area contributed by atoms with Crippen molar-refractivity contribution >= 4 is 0 Å². The van der Waals surface area contributed by atoms with E-state index in [1.165, 1.54) is 0 Å². The van der Waals surface area contributed by atoms with Gasteiger partial charge in [-0.1, -0.05) is 0 Å². The zero-order chi connectivity index (χ0) is 8.10. The largest absolute Gasteiger partial charge is 0.309 e. The van der Waals surface area contributed by atoms with Crippen LogP contribution in [0.5, 0.6) is 0 Å². The molecule has 0 saturated carbocycles. The van der Waals surface area contributed by atoms with E-state index in [0.717, 1.165) is 26.3 Å². The third kappa shape index (κ3) is 3.67. The second kappa shape index (κ2) is 4.66. The van der Waals surface area contributed by atoms with E-state index < -0.39 is 0 Å². The average Bonchev–Trinajstić information content (AvgIpc) is 2.03. The van der Waals surface area contributed by atoms with Crippen molar-refractivity contribution in [3.05, 3.63) is 0 Å². The van der Waals surface area contributed by atoms with Crippen molar-refractivity contribution < 1.29 is 0 Å². The van der Waals surface area contributed by atoms with Crippen molar-refractivity contribution in [3.63, 3.8) is 0 Å². The molecule has 4 nitrogen and oxygen atoms in total. The maximum atomic E-state index is 3.33. The SMILES string of the molecule is CN(C)CCC1NCNCN1. The van der Waals surface area contributed by atoms with Gasteiger partial charge in [-0.05, 0) is 20.5 Å². The maximum Gasteiger partial charge on any atom is 0.0603 e. The van der Waals surface area contributed by atoms with E-state index in [2.05, 4.69) is 34.9 Å². The topological polar surface area (TPSA) is 39.3 Å². The maximum absolute atomic E-state index is 3.33. The first kappa shape index (κ1) is 8.93. The van der Waals surface area contributed by atoms with E-state index >= 15 is 0 Å². The average molecular weight is 158 g/mol. The molecule has 1 aliphatic rings. The van der Waals surface area contributed by atoms with Gasteiger partial charge in [0.2, 0.25) is 0 Å². The Kier molecular flexibility index (Phi) is 3.79. The molecule has 0 atom stereocenters. The molecule has 0 aromatic heterocycles. The summed E-state index contributed by atoms with van der Waals surface area (Å²) in [5.41, 5.74) is 0. The standard InChI is InChI=1S/C7H18N4/c1-11(2)4-3-7-9-5-8-6-10-7/h7-10H,3-6H2,1-2H3. The summed E-state index contributed by atoms with van der Waals surface area (Å²) in [6.45, 7) is 2.97. The van der Waals surface area contributed by atoms with E-state index in [-0.39, 0.29) is 0 Å². The minimum absolute atomic E-state index is 0.485. The fraction of sp³-hybridized carbons (Fsp3) is 1.00. The minimum Gasteiger partial charge on any atom is -0.309 e. The lowest BCUT2D eigenvalue weighted by atomic mass is 10.3. The minimum atomic E-state index is 0.485. The summed E-state index contributed by atoms with van der Waals surface area (Å²) in [5.74, 6) is 0. The molecule has 0 amide bonds. The van der Waals surface area contributed by atoms with Gasteiger partial charge in [0, 0.05) is 19.9 Å². The van der Waals surface area contributed by atoms with Crippen molar-refractivity contribution in [3.8, 4) is 0 Å². The molecule has 0 spiro atoms. The molecule has 0 bridgehead atoms. The van der Waals surface area contributed by atoms with Gasteiger partial charge in [-0.3, -0.25) is 16.0 Å². The lowest BCUT2D eigenvalue weighted by Gasteiger charge is -2.26. The summed E-state index contributed by atoms with van der Waals surface area (Å²) in [5, 5.41) is 9.82. The predicted molar refractivity (Wildman–Crippen MR) is 46.1 cm³/mol. The smallest absolute Gasteiger partial charge is 0.0603 e. The monoisotopic (exact) mass is 158 g/mol. The Morgan fingerprint density at radius 1 is 1.27 bits per heavy atom. The molecule has 1 rings (SSSR count). The van der Waals surface area contributed by atoms with Crippen molar-refractivity contribution in [1.82, 2.24) is 20.9 Å². The fourth-order valence-electron chi connectivity index (χ4n) is 1.12. The number of nitrogens with zero attached hydrogens (tertiary/aromatic N) is 1. The first-order chi connectivity index (χ1) is 5.29.